The second kappa shape index (κ2) is 13.6. The van der Waals surface area contributed by atoms with Crippen molar-refractivity contribution in [1.82, 2.24) is 25.3 Å². The van der Waals surface area contributed by atoms with Gasteiger partial charge in [0, 0.05) is 38.8 Å². The number of amides is 3. The Kier molecular flexibility index (Phi) is 9.81. The molecule has 3 aromatic rings. The van der Waals surface area contributed by atoms with Gasteiger partial charge < -0.3 is 29.3 Å². The molecule has 1 N–H and O–H groups in total. The van der Waals surface area contributed by atoms with Crippen LogP contribution < -0.4 is 10.2 Å². The number of ether oxygens (including phenoxy) is 1. The Bertz CT molecular complexity index is 1490. The Labute approximate surface area is 268 Å². The van der Waals surface area contributed by atoms with Gasteiger partial charge in [-0.25, -0.2) is 9.78 Å². The average Bonchev–Trinajstić information content (AvgIpc) is 3.77. The molecule has 2 fully saturated rings. The van der Waals surface area contributed by atoms with E-state index < -0.39 is 11.6 Å². The SMILES string of the molecule is Cc1ncsc1-c1ccc(C(C)NC(=O)C2CCCN2C(=O)Cc2cc(N(C)C3CCN(C(=O)OC(C)(C)C)CC3)no2)cc1. The summed E-state index contributed by atoms with van der Waals surface area (Å²) < 4.78 is 11.1. The summed E-state index contributed by atoms with van der Waals surface area (Å²) in [4.78, 5) is 50.0. The van der Waals surface area contributed by atoms with E-state index in [-0.39, 0.29) is 36.4 Å². The summed E-state index contributed by atoms with van der Waals surface area (Å²) in [7, 11) is 1.95. The van der Waals surface area contributed by atoms with E-state index in [1.54, 1.807) is 27.2 Å². The van der Waals surface area contributed by atoms with E-state index in [2.05, 4.69) is 27.6 Å². The van der Waals surface area contributed by atoms with E-state index in [9.17, 15) is 14.4 Å². The molecule has 0 aliphatic carbocycles. The number of piperidine rings is 1. The van der Waals surface area contributed by atoms with Crippen LogP contribution in [0.25, 0.3) is 10.4 Å². The lowest BCUT2D eigenvalue weighted by Crippen LogP contribution is -2.47. The smallest absolute Gasteiger partial charge is 0.410 e. The first kappa shape index (κ1) is 32.5. The fourth-order valence-corrected chi connectivity index (χ4v) is 6.80. The summed E-state index contributed by atoms with van der Waals surface area (Å²) in [6, 6.07) is 9.43. The van der Waals surface area contributed by atoms with Crippen molar-refractivity contribution in [2.24, 2.45) is 0 Å². The number of rotatable bonds is 8. The molecular formula is C33H44N6O5S. The van der Waals surface area contributed by atoms with Crippen LogP contribution in [0.5, 0.6) is 0 Å². The molecule has 2 aliphatic heterocycles. The van der Waals surface area contributed by atoms with Crippen molar-refractivity contribution in [2.45, 2.75) is 90.4 Å². The first-order valence-corrected chi connectivity index (χ1v) is 16.5. The van der Waals surface area contributed by atoms with Gasteiger partial charge in [-0.1, -0.05) is 29.4 Å². The molecule has 45 heavy (non-hydrogen) atoms. The summed E-state index contributed by atoms with van der Waals surface area (Å²) in [5.74, 6) is 0.811. The van der Waals surface area contributed by atoms with Gasteiger partial charge in [-0.05, 0) is 71.4 Å². The molecule has 0 saturated carbocycles. The van der Waals surface area contributed by atoms with Crippen LogP contribution in [0.4, 0.5) is 10.6 Å². The minimum Gasteiger partial charge on any atom is -0.444 e. The summed E-state index contributed by atoms with van der Waals surface area (Å²) in [6.07, 6.45) is 2.69. The maximum atomic E-state index is 13.3. The number of aromatic nitrogens is 2. The zero-order valence-corrected chi connectivity index (χ0v) is 27.9. The molecule has 2 saturated heterocycles. The molecule has 0 radical (unpaired) electrons. The molecule has 3 amide bonds. The van der Waals surface area contributed by atoms with Gasteiger partial charge in [0.2, 0.25) is 11.8 Å². The molecule has 2 atom stereocenters. The molecule has 12 heteroatoms. The number of carbonyl (C=O) groups excluding carboxylic acids is 3. The lowest BCUT2D eigenvalue weighted by Gasteiger charge is -2.37. The maximum absolute atomic E-state index is 13.3. The molecule has 2 unspecified atom stereocenters. The number of thiazole rings is 1. The quantitative estimate of drug-likeness (QED) is 0.351. The fourth-order valence-electron chi connectivity index (χ4n) is 5.98. The van der Waals surface area contributed by atoms with E-state index in [0.29, 0.717) is 37.6 Å². The van der Waals surface area contributed by atoms with E-state index in [1.165, 1.54) is 0 Å². The third-order valence-corrected chi connectivity index (χ3v) is 9.53. The zero-order valence-electron chi connectivity index (χ0n) is 27.0. The van der Waals surface area contributed by atoms with E-state index >= 15 is 0 Å². The highest BCUT2D eigenvalue weighted by Crippen LogP contribution is 2.29. The van der Waals surface area contributed by atoms with Crippen LogP contribution in [0.1, 0.15) is 76.4 Å². The number of hydrogen-bond acceptors (Lipinski definition) is 9. The van der Waals surface area contributed by atoms with Crippen LogP contribution in [0.3, 0.4) is 0 Å². The van der Waals surface area contributed by atoms with Gasteiger partial charge in [0.05, 0.1) is 28.5 Å². The predicted octanol–water partition coefficient (Wildman–Crippen LogP) is 5.35. The number of carbonyl (C=O) groups is 3. The summed E-state index contributed by atoms with van der Waals surface area (Å²) >= 11 is 1.61. The van der Waals surface area contributed by atoms with Gasteiger partial charge in [0.25, 0.3) is 0 Å². The predicted molar refractivity (Wildman–Crippen MR) is 173 cm³/mol. The lowest BCUT2D eigenvalue weighted by molar-refractivity contribution is -0.138. The third kappa shape index (κ3) is 7.84. The first-order valence-electron chi connectivity index (χ1n) is 15.7. The summed E-state index contributed by atoms with van der Waals surface area (Å²) in [5, 5.41) is 7.33. The van der Waals surface area contributed by atoms with E-state index in [0.717, 1.165) is 41.0 Å². The monoisotopic (exact) mass is 636 g/mol. The normalized spacial score (nSPS) is 18.1. The summed E-state index contributed by atoms with van der Waals surface area (Å²) in [6.45, 7) is 11.3. The topological polar surface area (TPSA) is 121 Å². The molecule has 4 heterocycles. The van der Waals surface area contributed by atoms with Crippen LogP contribution in [0.2, 0.25) is 0 Å². The highest BCUT2D eigenvalue weighted by molar-refractivity contribution is 7.13. The molecule has 242 valence electrons. The van der Waals surface area contributed by atoms with Crippen LogP contribution in [-0.2, 0) is 20.7 Å². The number of nitrogens with one attached hydrogen (secondary N) is 1. The number of aryl methyl sites for hydroxylation is 1. The summed E-state index contributed by atoms with van der Waals surface area (Å²) in [5.41, 5.74) is 4.43. The van der Waals surface area contributed by atoms with Gasteiger partial charge in [-0.2, -0.15) is 0 Å². The first-order chi connectivity index (χ1) is 21.4. The molecule has 0 spiro atoms. The molecule has 11 nitrogen and oxygen atoms in total. The van der Waals surface area contributed by atoms with Crippen molar-refractivity contribution in [3.05, 3.63) is 52.9 Å². The Morgan fingerprint density at radius 3 is 2.49 bits per heavy atom. The minimum absolute atomic E-state index is 0.0374. The highest BCUT2D eigenvalue weighted by atomic mass is 32.1. The molecular weight excluding hydrogens is 592 g/mol. The van der Waals surface area contributed by atoms with Gasteiger partial charge in [-0.15, -0.1) is 11.3 Å². The molecule has 2 aromatic heterocycles. The van der Waals surface area contributed by atoms with Gasteiger partial charge >= 0.3 is 6.09 Å². The van der Waals surface area contributed by atoms with Crippen molar-refractivity contribution >= 4 is 35.1 Å². The Morgan fingerprint density at radius 1 is 1.13 bits per heavy atom. The zero-order chi connectivity index (χ0) is 32.3. The Morgan fingerprint density at radius 2 is 1.84 bits per heavy atom. The van der Waals surface area contributed by atoms with E-state index in [1.807, 2.05) is 64.2 Å². The Hall–Kier alpha value is -3.93. The molecule has 5 rings (SSSR count). The number of nitrogens with zero attached hydrogens (tertiary/aromatic N) is 5. The number of anilines is 1. The number of hydrogen-bond donors (Lipinski definition) is 1. The molecule has 1 aromatic carbocycles. The minimum atomic E-state index is -0.522. The Balaban J connectivity index is 1.12. The van der Waals surface area contributed by atoms with Crippen molar-refractivity contribution in [2.75, 3.05) is 31.6 Å². The molecule has 0 bridgehead atoms. The van der Waals surface area contributed by atoms with Crippen molar-refractivity contribution in [1.29, 1.82) is 0 Å². The van der Waals surface area contributed by atoms with Gasteiger partial charge in [-0.3, -0.25) is 9.59 Å². The van der Waals surface area contributed by atoms with E-state index in [4.69, 9.17) is 9.26 Å². The van der Waals surface area contributed by atoms with Crippen LogP contribution >= 0.6 is 11.3 Å². The molecule has 2 aliphatic rings. The third-order valence-electron chi connectivity index (χ3n) is 8.55. The van der Waals surface area contributed by atoms with Crippen LogP contribution in [0.15, 0.2) is 40.4 Å². The van der Waals surface area contributed by atoms with Crippen molar-refractivity contribution < 1.29 is 23.6 Å². The second-order valence-corrected chi connectivity index (χ2v) is 13.9. The van der Waals surface area contributed by atoms with Crippen LogP contribution in [0, 0.1) is 6.92 Å². The maximum Gasteiger partial charge on any atom is 0.410 e. The highest BCUT2D eigenvalue weighted by Gasteiger charge is 2.35. The largest absolute Gasteiger partial charge is 0.444 e. The lowest BCUT2D eigenvalue weighted by atomic mass is 10.0. The number of likely N-dealkylation sites (tertiary alicyclic amines) is 2. The van der Waals surface area contributed by atoms with Gasteiger partial charge in [0.15, 0.2) is 5.82 Å². The fraction of sp³-hybridized carbons (Fsp3) is 0.545. The second-order valence-electron chi connectivity index (χ2n) is 13.0. The standard InChI is InChI=1S/C33H44N6O5S/c1-21(23-9-11-24(12-10-23)30-22(2)34-20-45-30)35-31(41)27-8-7-15-39(27)29(40)19-26-18-28(36-44-26)37(6)25-13-16-38(17-14-25)32(42)43-33(3,4)5/h9-12,18,20-21,25,27H,7-8,13-17,19H2,1-6H3,(H,35,41). The van der Waals surface area contributed by atoms with Crippen LogP contribution in [-0.4, -0.2) is 82.2 Å². The number of benzene rings is 1. The van der Waals surface area contributed by atoms with Crippen molar-refractivity contribution in [3.8, 4) is 10.4 Å². The average molecular weight is 637 g/mol. The van der Waals surface area contributed by atoms with Crippen molar-refractivity contribution in [3.63, 3.8) is 0 Å². The van der Waals surface area contributed by atoms with Gasteiger partial charge in [0.1, 0.15) is 17.4 Å².